The van der Waals surface area contributed by atoms with Gasteiger partial charge in [-0.25, -0.2) is 4.98 Å². The Morgan fingerprint density at radius 2 is 1.96 bits per heavy atom. The number of nitrogens with one attached hydrogen (secondary N) is 2. The number of carbonyl (C=O) groups is 2. The van der Waals surface area contributed by atoms with Crippen molar-refractivity contribution in [3.05, 3.63) is 57.0 Å². The molecule has 8 nitrogen and oxygen atoms in total. The standard InChI is InChI=1S/C18H18ClN5O3/c1-10-8-13(15-16(20-10)24(3)22-17(15)26)18(27)23(2)9-14(25)21-12-6-4-11(19)5-7-12/h4-8H,9H2,1-3H3,(H,21,25)(H,22,26). The van der Waals surface area contributed by atoms with Gasteiger partial charge in [-0.05, 0) is 37.3 Å². The minimum Gasteiger partial charge on any atom is -0.332 e. The van der Waals surface area contributed by atoms with E-state index < -0.39 is 11.5 Å². The number of amides is 2. The highest BCUT2D eigenvalue weighted by molar-refractivity contribution is 6.30. The third-order valence-electron chi connectivity index (χ3n) is 4.03. The number of hydrogen-bond acceptors (Lipinski definition) is 4. The van der Waals surface area contributed by atoms with Gasteiger partial charge in [0.25, 0.3) is 11.5 Å². The average Bonchev–Trinajstić information content (AvgIpc) is 2.89. The number of fused-ring (bicyclic) bond motifs is 1. The molecule has 0 bridgehead atoms. The predicted molar refractivity (Wildman–Crippen MR) is 103 cm³/mol. The number of likely N-dealkylation sites (N-methyl/N-ethyl adjacent to an activating group) is 1. The summed E-state index contributed by atoms with van der Waals surface area (Å²) >= 11 is 5.82. The Morgan fingerprint density at radius 3 is 2.63 bits per heavy atom. The number of aryl methyl sites for hydroxylation is 2. The minimum absolute atomic E-state index is 0.172. The molecule has 3 aromatic rings. The minimum atomic E-state index is -0.437. The Bertz CT molecular complexity index is 1080. The molecule has 0 aliphatic heterocycles. The summed E-state index contributed by atoms with van der Waals surface area (Å²) in [5.74, 6) is -0.800. The summed E-state index contributed by atoms with van der Waals surface area (Å²) in [6.07, 6.45) is 0. The van der Waals surface area contributed by atoms with Gasteiger partial charge in [-0.1, -0.05) is 11.6 Å². The largest absolute Gasteiger partial charge is 0.332 e. The number of aromatic amines is 1. The number of aromatic nitrogens is 3. The fraction of sp³-hybridized carbons (Fsp3) is 0.222. The van der Waals surface area contributed by atoms with Crippen LogP contribution >= 0.6 is 11.6 Å². The van der Waals surface area contributed by atoms with Crippen molar-refractivity contribution in [2.24, 2.45) is 7.05 Å². The van der Waals surface area contributed by atoms with Gasteiger partial charge in [0.2, 0.25) is 5.91 Å². The fourth-order valence-electron chi connectivity index (χ4n) is 2.78. The molecule has 0 radical (unpaired) electrons. The molecule has 27 heavy (non-hydrogen) atoms. The van der Waals surface area contributed by atoms with E-state index in [2.05, 4.69) is 15.4 Å². The maximum absolute atomic E-state index is 12.8. The molecule has 2 aromatic heterocycles. The lowest BCUT2D eigenvalue weighted by Crippen LogP contribution is -2.35. The van der Waals surface area contributed by atoms with E-state index in [1.165, 1.54) is 16.6 Å². The van der Waals surface area contributed by atoms with Crippen LogP contribution in [0, 0.1) is 6.92 Å². The number of nitrogens with zero attached hydrogens (tertiary/aromatic N) is 3. The van der Waals surface area contributed by atoms with E-state index >= 15 is 0 Å². The number of rotatable bonds is 4. The van der Waals surface area contributed by atoms with E-state index in [4.69, 9.17) is 11.6 Å². The lowest BCUT2D eigenvalue weighted by Gasteiger charge is -2.17. The SMILES string of the molecule is Cc1cc(C(=O)N(C)CC(=O)Nc2ccc(Cl)cc2)c2c(=O)[nH]n(C)c2n1. The van der Waals surface area contributed by atoms with Crippen molar-refractivity contribution < 1.29 is 9.59 Å². The summed E-state index contributed by atoms with van der Waals surface area (Å²) in [4.78, 5) is 42.8. The van der Waals surface area contributed by atoms with Crippen molar-refractivity contribution in [2.75, 3.05) is 18.9 Å². The van der Waals surface area contributed by atoms with Crippen LogP contribution in [0.5, 0.6) is 0 Å². The molecule has 0 aliphatic rings. The van der Waals surface area contributed by atoms with Crippen LogP contribution in [0.15, 0.2) is 35.1 Å². The monoisotopic (exact) mass is 387 g/mol. The van der Waals surface area contributed by atoms with E-state index in [9.17, 15) is 14.4 Å². The highest BCUT2D eigenvalue weighted by Gasteiger charge is 2.22. The summed E-state index contributed by atoms with van der Waals surface area (Å²) < 4.78 is 1.47. The van der Waals surface area contributed by atoms with Crippen molar-refractivity contribution in [3.8, 4) is 0 Å². The molecule has 0 saturated carbocycles. The van der Waals surface area contributed by atoms with E-state index in [1.54, 1.807) is 44.3 Å². The molecule has 1 aromatic carbocycles. The molecular weight excluding hydrogens is 370 g/mol. The molecule has 0 unspecified atom stereocenters. The van der Waals surface area contributed by atoms with Gasteiger partial charge in [-0.3, -0.25) is 24.2 Å². The van der Waals surface area contributed by atoms with E-state index in [0.29, 0.717) is 22.1 Å². The molecular formula is C18H18ClN5O3. The van der Waals surface area contributed by atoms with Gasteiger partial charge >= 0.3 is 0 Å². The van der Waals surface area contributed by atoms with Crippen molar-refractivity contribution in [2.45, 2.75) is 6.92 Å². The first kappa shape index (κ1) is 18.7. The van der Waals surface area contributed by atoms with Crippen LogP contribution in [0.4, 0.5) is 5.69 Å². The quantitative estimate of drug-likeness (QED) is 0.714. The second-order valence-corrected chi connectivity index (χ2v) is 6.66. The number of halogens is 1. The molecule has 0 saturated heterocycles. The Balaban J connectivity index is 1.81. The molecule has 0 fully saturated rings. The van der Waals surface area contributed by atoms with Crippen LogP contribution in [0.2, 0.25) is 5.02 Å². The molecule has 140 valence electrons. The highest BCUT2D eigenvalue weighted by atomic mass is 35.5. The van der Waals surface area contributed by atoms with Gasteiger partial charge in [0.1, 0.15) is 0 Å². The van der Waals surface area contributed by atoms with Crippen LogP contribution in [-0.2, 0) is 11.8 Å². The van der Waals surface area contributed by atoms with Crippen LogP contribution < -0.4 is 10.9 Å². The molecule has 2 N–H and O–H groups in total. The summed E-state index contributed by atoms with van der Waals surface area (Å²) in [5, 5.41) is 6.05. The van der Waals surface area contributed by atoms with Crippen molar-refractivity contribution in [1.29, 1.82) is 0 Å². The molecule has 2 amide bonds. The number of H-pyrrole nitrogens is 1. The normalized spacial score (nSPS) is 10.8. The van der Waals surface area contributed by atoms with E-state index in [1.807, 2.05) is 0 Å². The Labute approximate surface area is 159 Å². The topological polar surface area (TPSA) is 100 Å². The number of benzene rings is 1. The zero-order valence-electron chi connectivity index (χ0n) is 15.0. The third kappa shape index (κ3) is 3.85. The fourth-order valence-corrected chi connectivity index (χ4v) is 2.91. The number of anilines is 1. The number of carbonyl (C=O) groups excluding carboxylic acids is 2. The molecule has 9 heteroatoms. The smallest absolute Gasteiger partial charge is 0.274 e. The molecule has 2 heterocycles. The van der Waals surface area contributed by atoms with Crippen LogP contribution in [0.25, 0.3) is 11.0 Å². The van der Waals surface area contributed by atoms with Crippen molar-refractivity contribution in [1.82, 2.24) is 19.7 Å². The maximum atomic E-state index is 12.8. The Hall–Kier alpha value is -3.13. The summed E-state index contributed by atoms with van der Waals surface area (Å²) in [5.41, 5.74) is 1.37. The van der Waals surface area contributed by atoms with Crippen molar-refractivity contribution in [3.63, 3.8) is 0 Å². The Kier molecular flexibility index (Phi) is 5.00. The molecule has 3 rings (SSSR count). The predicted octanol–water partition coefficient (Wildman–Crippen LogP) is 1.93. The number of pyridine rings is 1. The zero-order valence-corrected chi connectivity index (χ0v) is 15.8. The first-order valence-electron chi connectivity index (χ1n) is 8.13. The molecule has 0 atom stereocenters. The molecule has 0 aliphatic carbocycles. The summed E-state index contributed by atoms with van der Waals surface area (Å²) in [7, 11) is 3.15. The van der Waals surface area contributed by atoms with Crippen LogP contribution in [-0.4, -0.2) is 45.1 Å². The van der Waals surface area contributed by atoms with E-state index in [-0.39, 0.29) is 23.4 Å². The summed E-state index contributed by atoms with van der Waals surface area (Å²) in [6, 6.07) is 8.20. The Morgan fingerprint density at radius 1 is 1.30 bits per heavy atom. The van der Waals surface area contributed by atoms with Crippen molar-refractivity contribution >= 4 is 40.1 Å². The maximum Gasteiger partial charge on any atom is 0.274 e. The van der Waals surface area contributed by atoms with Crippen LogP contribution in [0.1, 0.15) is 16.1 Å². The summed E-state index contributed by atoms with van der Waals surface area (Å²) in [6.45, 7) is 1.57. The lowest BCUT2D eigenvalue weighted by molar-refractivity contribution is -0.116. The molecule has 0 spiro atoms. The lowest BCUT2D eigenvalue weighted by atomic mass is 10.1. The van der Waals surface area contributed by atoms with E-state index in [0.717, 1.165) is 0 Å². The second-order valence-electron chi connectivity index (χ2n) is 6.23. The first-order chi connectivity index (χ1) is 12.8. The first-order valence-corrected chi connectivity index (χ1v) is 8.51. The zero-order chi connectivity index (χ0) is 19.7. The van der Waals surface area contributed by atoms with Gasteiger partial charge < -0.3 is 10.2 Å². The third-order valence-corrected chi connectivity index (χ3v) is 4.28. The van der Waals surface area contributed by atoms with Gasteiger partial charge in [-0.2, -0.15) is 0 Å². The van der Waals surface area contributed by atoms with Gasteiger partial charge in [0.15, 0.2) is 5.65 Å². The highest BCUT2D eigenvalue weighted by Crippen LogP contribution is 2.17. The van der Waals surface area contributed by atoms with Gasteiger partial charge in [0, 0.05) is 30.5 Å². The van der Waals surface area contributed by atoms with Gasteiger partial charge in [0.05, 0.1) is 17.5 Å². The van der Waals surface area contributed by atoms with Crippen LogP contribution in [0.3, 0.4) is 0 Å². The number of hydrogen-bond donors (Lipinski definition) is 2. The second kappa shape index (κ2) is 7.24. The average molecular weight is 388 g/mol. The van der Waals surface area contributed by atoms with Gasteiger partial charge in [-0.15, -0.1) is 0 Å².